The number of aliphatic imine (C=N–C) groups is 1. The van der Waals surface area contributed by atoms with E-state index in [1.54, 1.807) is 7.05 Å². The highest BCUT2D eigenvalue weighted by Crippen LogP contribution is 2.30. The molecular weight excluding hydrogens is 338 g/mol. The van der Waals surface area contributed by atoms with Crippen molar-refractivity contribution < 1.29 is 13.2 Å². The van der Waals surface area contributed by atoms with Crippen molar-refractivity contribution in [1.29, 1.82) is 0 Å². The highest BCUT2D eigenvalue weighted by molar-refractivity contribution is 7.90. The van der Waals surface area contributed by atoms with Gasteiger partial charge in [0, 0.05) is 32.0 Å². The van der Waals surface area contributed by atoms with Crippen LogP contribution in [0.5, 0.6) is 5.75 Å². The summed E-state index contributed by atoms with van der Waals surface area (Å²) in [6, 6.07) is 6.21. The zero-order valence-electron chi connectivity index (χ0n) is 15.3. The van der Waals surface area contributed by atoms with E-state index in [9.17, 15) is 8.42 Å². The highest BCUT2D eigenvalue weighted by atomic mass is 32.2. The van der Waals surface area contributed by atoms with E-state index in [0.717, 1.165) is 17.9 Å². The maximum Gasteiger partial charge on any atom is 0.191 e. The van der Waals surface area contributed by atoms with Crippen molar-refractivity contribution in [3.05, 3.63) is 29.3 Å². The van der Waals surface area contributed by atoms with Crippen LogP contribution in [-0.2, 0) is 16.4 Å². The average Bonchev–Trinajstić information content (AvgIpc) is 3.37. The zero-order chi connectivity index (χ0) is 18.3. The van der Waals surface area contributed by atoms with Gasteiger partial charge in [0.2, 0.25) is 0 Å². The molecule has 1 aliphatic rings. The van der Waals surface area contributed by atoms with Gasteiger partial charge in [0.15, 0.2) is 5.96 Å². The van der Waals surface area contributed by atoms with Crippen molar-refractivity contribution in [1.82, 2.24) is 10.6 Å². The third kappa shape index (κ3) is 7.77. The van der Waals surface area contributed by atoms with Crippen molar-refractivity contribution in [3.63, 3.8) is 0 Å². The van der Waals surface area contributed by atoms with E-state index in [1.165, 1.54) is 24.7 Å². The lowest BCUT2D eigenvalue weighted by atomic mass is 10.1. The largest absolute Gasteiger partial charge is 0.493 e. The van der Waals surface area contributed by atoms with Crippen LogP contribution in [0.25, 0.3) is 0 Å². The van der Waals surface area contributed by atoms with Gasteiger partial charge in [-0.25, -0.2) is 8.42 Å². The number of benzene rings is 1. The summed E-state index contributed by atoms with van der Waals surface area (Å²) < 4.78 is 28.3. The molecule has 2 rings (SSSR count). The molecule has 7 heteroatoms. The van der Waals surface area contributed by atoms with Crippen LogP contribution in [0.4, 0.5) is 0 Å². The van der Waals surface area contributed by atoms with Crippen molar-refractivity contribution >= 4 is 15.8 Å². The van der Waals surface area contributed by atoms with Gasteiger partial charge in [0.05, 0.1) is 12.4 Å². The number of nitrogens with one attached hydrogen (secondary N) is 2. The van der Waals surface area contributed by atoms with E-state index < -0.39 is 9.84 Å². The molecule has 0 saturated heterocycles. The van der Waals surface area contributed by atoms with Crippen LogP contribution in [0.1, 0.15) is 30.4 Å². The van der Waals surface area contributed by atoms with E-state index in [1.807, 2.05) is 0 Å². The van der Waals surface area contributed by atoms with Gasteiger partial charge in [-0.1, -0.05) is 12.1 Å². The summed E-state index contributed by atoms with van der Waals surface area (Å²) >= 11 is 0. The Morgan fingerprint density at radius 3 is 2.72 bits per heavy atom. The summed E-state index contributed by atoms with van der Waals surface area (Å²) in [5, 5.41) is 6.39. The molecule has 1 aromatic carbocycles. The molecule has 0 radical (unpaired) electrons. The van der Waals surface area contributed by atoms with Gasteiger partial charge in [-0.3, -0.25) is 4.99 Å². The van der Waals surface area contributed by atoms with Gasteiger partial charge in [0.1, 0.15) is 15.6 Å². The predicted octanol–water partition coefficient (Wildman–Crippen LogP) is 1.88. The second-order valence-corrected chi connectivity index (χ2v) is 8.96. The fourth-order valence-electron chi connectivity index (χ4n) is 2.38. The molecule has 1 aliphatic carbocycles. The first-order valence-corrected chi connectivity index (χ1v) is 10.8. The lowest BCUT2D eigenvalue weighted by molar-refractivity contribution is 0.296. The summed E-state index contributed by atoms with van der Waals surface area (Å²) in [5.41, 5.74) is 2.27. The second kappa shape index (κ2) is 9.08. The first-order valence-electron chi connectivity index (χ1n) is 8.72. The molecule has 0 spiro atoms. The molecule has 25 heavy (non-hydrogen) atoms. The Labute approximate surface area is 151 Å². The molecule has 0 unspecified atom stereocenters. The van der Waals surface area contributed by atoms with Gasteiger partial charge in [-0.2, -0.15) is 0 Å². The minimum Gasteiger partial charge on any atom is -0.493 e. The van der Waals surface area contributed by atoms with Crippen molar-refractivity contribution in [2.45, 2.75) is 32.7 Å². The maximum atomic E-state index is 11.1. The Kier molecular flexibility index (Phi) is 7.11. The number of ether oxygens (including phenoxy) is 1. The monoisotopic (exact) mass is 367 g/mol. The van der Waals surface area contributed by atoms with Gasteiger partial charge < -0.3 is 15.4 Å². The number of hydrogen-bond acceptors (Lipinski definition) is 4. The van der Waals surface area contributed by atoms with Gasteiger partial charge in [0.25, 0.3) is 0 Å². The molecule has 6 nitrogen and oxygen atoms in total. The standard InChI is InChI=1S/C18H29N3O3S/c1-14-5-8-16(17(11-14)24-13-15-6-7-15)12-21-18(19-2)20-9-4-10-25(3,22)23/h5,8,11,15H,4,6-7,9-10,12-13H2,1-3H3,(H2,19,20,21). The van der Waals surface area contributed by atoms with Crippen molar-refractivity contribution in [3.8, 4) is 5.75 Å². The molecule has 0 amide bonds. The number of aryl methyl sites for hydroxylation is 1. The fourth-order valence-corrected chi connectivity index (χ4v) is 3.04. The molecule has 1 saturated carbocycles. The van der Waals surface area contributed by atoms with E-state index in [-0.39, 0.29) is 5.75 Å². The number of sulfone groups is 1. The summed E-state index contributed by atoms with van der Waals surface area (Å²) in [5.74, 6) is 2.47. The van der Waals surface area contributed by atoms with Crippen molar-refractivity contribution in [2.24, 2.45) is 10.9 Å². The lowest BCUT2D eigenvalue weighted by Gasteiger charge is -2.15. The van der Waals surface area contributed by atoms with Gasteiger partial charge in [-0.05, 0) is 43.7 Å². The normalized spacial score (nSPS) is 15.1. The molecule has 0 aromatic heterocycles. The zero-order valence-corrected chi connectivity index (χ0v) is 16.2. The maximum absolute atomic E-state index is 11.1. The Bertz CT molecular complexity index is 698. The van der Waals surface area contributed by atoms with Crippen LogP contribution < -0.4 is 15.4 Å². The molecule has 140 valence electrons. The molecule has 0 aliphatic heterocycles. The number of guanidine groups is 1. The van der Waals surface area contributed by atoms with Gasteiger partial charge in [-0.15, -0.1) is 0 Å². The van der Waals surface area contributed by atoms with Crippen LogP contribution in [0.3, 0.4) is 0 Å². The Morgan fingerprint density at radius 1 is 1.32 bits per heavy atom. The molecule has 0 bridgehead atoms. The lowest BCUT2D eigenvalue weighted by Crippen LogP contribution is -2.37. The van der Waals surface area contributed by atoms with E-state index in [4.69, 9.17) is 4.74 Å². The predicted molar refractivity (Wildman–Crippen MR) is 102 cm³/mol. The topological polar surface area (TPSA) is 79.8 Å². The third-order valence-corrected chi connectivity index (χ3v) is 5.08. The molecule has 2 N–H and O–H groups in total. The van der Waals surface area contributed by atoms with Crippen LogP contribution in [-0.4, -0.2) is 46.6 Å². The van der Waals surface area contributed by atoms with Crippen LogP contribution >= 0.6 is 0 Å². The summed E-state index contributed by atoms with van der Waals surface area (Å²) in [6.45, 7) is 4.01. The molecule has 0 atom stereocenters. The average molecular weight is 368 g/mol. The first-order chi connectivity index (χ1) is 11.9. The second-order valence-electron chi connectivity index (χ2n) is 6.70. The Hall–Kier alpha value is -1.76. The summed E-state index contributed by atoms with van der Waals surface area (Å²) in [6.07, 6.45) is 4.34. The number of rotatable bonds is 9. The minimum atomic E-state index is -2.92. The Balaban J connectivity index is 1.83. The van der Waals surface area contributed by atoms with E-state index in [2.05, 4.69) is 40.7 Å². The molecular formula is C18H29N3O3S. The van der Waals surface area contributed by atoms with Crippen LogP contribution in [0.15, 0.2) is 23.2 Å². The highest BCUT2D eigenvalue weighted by Gasteiger charge is 2.22. The molecule has 0 heterocycles. The first kappa shape index (κ1) is 19.6. The molecule has 1 aromatic rings. The van der Waals surface area contributed by atoms with Crippen LogP contribution in [0, 0.1) is 12.8 Å². The summed E-state index contributed by atoms with van der Waals surface area (Å²) in [4.78, 5) is 4.17. The van der Waals surface area contributed by atoms with Crippen LogP contribution in [0.2, 0.25) is 0 Å². The smallest absolute Gasteiger partial charge is 0.191 e. The number of nitrogens with zero attached hydrogens (tertiary/aromatic N) is 1. The molecule has 1 fully saturated rings. The fraction of sp³-hybridized carbons (Fsp3) is 0.611. The van der Waals surface area contributed by atoms with E-state index >= 15 is 0 Å². The quantitative estimate of drug-likeness (QED) is 0.396. The van der Waals surface area contributed by atoms with E-state index in [0.29, 0.717) is 31.4 Å². The van der Waals surface area contributed by atoms with Gasteiger partial charge >= 0.3 is 0 Å². The summed E-state index contributed by atoms with van der Waals surface area (Å²) in [7, 11) is -1.22. The Morgan fingerprint density at radius 2 is 2.08 bits per heavy atom. The SMILES string of the molecule is CN=C(NCCCS(C)(=O)=O)NCc1ccc(C)cc1OCC1CC1. The number of hydrogen-bond donors (Lipinski definition) is 2. The van der Waals surface area contributed by atoms with Crippen molar-refractivity contribution in [2.75, 3.05) is 32.2 Å². The third-order valence-electron chi connectivity index (χ3n) is 4.05. The minimum absolute atomic E-state index is 0.175.